The summed E-state index contributed by atoms with van der Waals surface area (Å²) in [4.78, 5) is 0. The molecule has 1 aliphatic carbocycles. The van der Waals surface area contributed by atoms with Crippen LogP contribution in [0, 0.1) is 5.92 Å². The SMILES string of the molecule is N/C(=N\O)C1CC(c2ccccc2)C1. The Bertz CT molecular complexity index is 328. The van der Waals surface area contributed by atoms with Gasteiger partial charge in [0.15, 0.2) is 0 Å². The topological polar surface area (TPSA) is 58.6 Å². The molecule has 3 nitrogen and oxygen atoms in total. The number of oxime groups is 1. The fraction of sp³-hybridized carbons (Fsp3) is 0.364. The van der Waals surface area contributed by atoms with Crippen LogP contribution in [-0.2, 0) is 0 Å². The minimum Gasteiger partial charge on any atom is -0.409 e. The van der Waals surface area contributed by atoms with Gasteiger partial charge in [0.2, 0.25) is 0 Å². The van der Waals surface area contributed by atoms with Crippen LogP contribution in [0.4, 0.5) is 0 Å². The lowest BCUT2D eigenvalue weighted by atomic mass is 9.71. The molecule has 0 aromatic heterocycles. The second-order valence-electron chi connectivity index (χ2n) is 3.80. The highest BCUT2D eigenvalue weighted by atomic mass is 16.4. The van der Waals surface area contributed by atoms with Crippen molar-refractivity contribution in [2.75, 3.05) is 0 Å². The molecule has 0 radical (unpaired) electrons. The minimum atomic E-state index is 0.269. The maximum atomic E-state index is 8.49. The molecule has 1 fully saturated rings. The van der Waals surface area contributed by atoms with Gasteiger partial charge in [0.05, 0.1) is 0 Å². The molecule has 74 valence electrons. The van der Waals surface area contributed by atoms with Crippen molar-refractivity contribution < 1.29 is 5.21 Å². The lowest BCUT2D eigenvalue weighted by Crippen LogP contribution is -2.34. The number of benzene rings is 1. The average Bonchev–Trinajstić information content (AvgIpc) is 2.17. The van der Waals surface area contributed by atoms with Gasteiger partial charge >= 0.3 is 0 Å². The zero-order chi connectivity index (χ0) is 9.97. The average molecular weight is 190 g/mol. The molecule has 3 N–H and O–H groups in total. The first kappa shape index (κ1) is 9.06. The highest BCUT2D eigenvalue weighted by Crippen LogP contribution is 2.41. The predicted molar refractivity (Wildman–Crippen MR) is 55.3 cm³/mol. The van der Waals surface area contributed by atoms with Gasteiger partial charge in [-0.05, 0) is 24.3 Å². The fourth-order valence-corrected chi connectivity index (χ4v) is 1.94. The Balaban J connectivity index is 1.96. The molecule has 1 saturated carbocycles. The van der Waals surface area contributed by atoms with Crippen LogP contribution in [-0.4, -0.2) is 11.0 Å². The van der Waals surface area contributed by atoms with Crippen molar-refractivity contribution in [3.63, 3.8) is 0 Å². The van der Waals surface area contributed by atoms with Gasteiger partial charge in [-0.15, -0.1) is 0 Å². The first-order valence-corrected chi connectivity index (χ1v) is 4.83. The summed E-state index contributed by atoms with van der Waals surface area (Å²) in [5.41, 5.74) is 6.87. The Hall–Kier alpha value is -1.51. The van der Waals surface area contributed by atoms with E-state index in [0.717, 1.165) is 12.8 Å². The van der Waals surface area contributed by atoms with Crippen molar-refractivity contribution in [3.05, 3.63) is 35.9 Å². The van der Waals surface area contributed by atoms with Crippen LogP contribution < -0.4 is 5.73 Å². The molecule has 0 atom stereocenters. The number of amidine groups is 1. The first-order valence-electron chi connectivity index (χ1n) is 4.83. The smallest absolute Gasteiger partial charge is 0.142 e. The third-order valence-electron chi connectivity index (χ3n) is 2.94. The molecule has 3 heteroatoms. The standard InChI is InChI=1S/C11H14N2O/c12-11(13-14)10-6-9(7-10)8-4-2-1-3-5-8/h1-5,9-10,14H,6-7H2,(H2,12,13). The molecule has 2 rings (SSSR count). The van der Waals surface area contributed by atoms with Crippen LogP contribution >= 0.6 is 0 Å². The quantitative estimate of drug-likeness (QED) is 0.324. The summed E-state index contributed by atoms with van der Waals surface area (Å²) in [5, 5.41) is 11.5. The predicted octanol–water partition coefficient (Wildman–Crippen LogP) is 1.93. The van der Waals surface area contributed by atoms with Gasteiger partial charge in [0.25, 0.3) is 0 Å². The van der Waals surface area contributed by atoms with Gasteiger partial charge in [-0.3, -0.25) is 0 Å². The Morgan fingerprint density at radius 1 is 1.29 bits per heavy atom. The number of hydrogen-bond acceptors (Lipinski definition) is 2. The van der Waals surface area contributed by atoms with E-state index in [1.165, 1.54) is 5.56 Å². The molecule has 0 unspecified atom stereocenters. The van der Waals surface area contributed by atoms with Crippen LogP contribution in [0.3, 0.4) is 0 Å². The molecule has 1 aliphatic rings. The molecule has 0 spiro atoms. The molecule has 0 bridgehead atoms. The molecule has 0 heterocycles. The molecular weight excluding hydrogens is 176 g/mol. The monoisotopic (exact) mass is 190 g/mol. The van der Waals surface area contributed by atoms with E-state index in [4.69, 9.17) is 10.9 Å². The molecule has 1 aromatic rings. The maximum absolute atomic E-state index is 8.49. The number of nitrogens with zero attached hydrogens (tertiary/aromatic N) is 1. The van der Waals surface area contributed by atoms with Gasteiger partial charge in [0.1, 0.15) is 5.84 Å². The highest BCUT2D eigenvalue weighted by molar-refractivity contribution is 5.83. The summed E-state index contributed by atoms with van der Waals surface area (Å²) in [5.74, 6) is 1.23. The van der Waals surface area contributed by atoms with Crippen LogP contribution in [0.15, 0.2) is 35.5 Å². The molecule has 0 amide bonds. The van der Waals surface area contributed by atoms with E-state index in [1.807, 2.05) is 18.2 Å². The molecular formula is C11H14N2O. The van der Waals surface area contributed by atoms with Crippen molar-refractivity contribution >= 4 is 5.84 Å². The van der Waals surface area contributed by atoms with Crippen molar-refractivity contribution in [1.29, 1.82) is 0 Å². The largest absolute Gasteiger partial charge is 0.409 e. The van der Waals surface area contributed by atoms with Gasteiger partial charge < -0.3 is 10.9 Å². The van der Waals surface area contributed by atoms with E-state index in [2.05, 4.69) is 17.3 Å². The molecule has 1 aromatic carbocycles. The van der Waals surface area contributed by atoms with Crippen molar-refractivity contribution in [2.24, 2.45) is 16.8 Å². The third kappa shape index (κ3) is 1.58. The Morgan fingerprint density at radius 2 is 1.93 bits per heavy atom. The maximum Gasteiger partial charge on any atom is 0.142 e. The lowest BCUT2D eigenvalue weighted by Gasteiger charge is -2.34. The van der Waals surface area contributed by atoms with Crippen LogP contribution in [0.2, 0.25) is 0 Å². The van der Waals surface area contributed by atoms with E-state index < -0.39 is 0 Å². The van der Waals surface area contributed by atoms with E-state index >= 15 is 0 Å². The Kier molecular flexibility index (Phi) is 2.39. The summed E-state index contributed by atoms with van der Waals surface area (Å²) < 4.78 is 0. The normalized spacial score (nSPS) is 27.0. The van der Waals surface area contributed by atoms with Crippen LogP contribution in [0.5, 0.6) is 0 Å². The summed E-state index contributed by atoms with van der Waals surface area (Å²) in [6, 6.07) is 10.4. The summed E-state index contributed by atoms with van der Waals surface area (Å²) in [6.45, 7) is 0. The zero-order valence-electron chi connectivity index (χ0n) is 7.93. The minimum absolute atomic E-state index is 0.269. The number of nitrogens with two attached hydrogens (primary N) is 1. The van der Waals surface area contributed by atoms with Crippen molar-refractivity contribution in [2.45, 2.75) is 18.8 Å². The fourth-order valence-electron chi connectivity index (χ4n) is 1.94. The van der Waals surface area contributed by atoms with Crippen LogP contribution in [0.25, 0.3) is 0 Å². The van der Waals surface area contributed by atoms with E-state index in [0.29, 0.717) is 11.8 Å². The molecule has 0 aliphatic heterocycles. The molecule has 14 heavy (non-hydrogen) atoms. The Labute approximate surface area is 83.2 Å². The number of hydrogen-bond donors (Lipinski definition) is 2. The third-order valence-corrected chi connectivity index (χ3v) is 2.94. The van der Waals surface area contributed by atoms with Gasteiger partial charge in [-0.25, -0.2) is 0 Å². The zero-order valence-corrected chi connectivity index (χ0v) is 7.93. The van der Waals surface area contributed by atoms with E-state index in [1.54, 1.807) is 0 Å². The first-order chi connectivity index (χ1) is 6.81. The lowest BCUT2D eigenvalue weighted by molar-refractivity contribution is 0.292. The Morgan fingerprint density at radius 3 is 2.50 bits per heavy atom. The van der Waals surface area contributed by atoms with Crippen LogP contribution in [0.1, 0.15) is 24.3 Å². The summed E-state index contributed by atoms with van der Waals surface area (Å²) >= 11 is 0. The van der Waals surface area contributed by atoms with E-state index in [9.17, 15) is 0 Å². The van der Waals surface area contributed by atoms with Gasteiger partial charge in [0, 0.05) is 5.92 Å². The second-order valence-corrected chi connectivity index (χ2v) is 3.80. The summed E-state index contributed by atoms with van der Waals surface area (Å²) in [6.07, 6.45) is 2.00. The highest BCUT2D eigenvalue weighted by Gasteiger charge is 2.32. The second kappa shape index (κ2) is 3.70. The number of rotatable bonds is 2. The van der Waals surface area contributed by atoms with E-state index in [-0.39, 0.29) is 5.92 Å². The summed E-state index contributed by atoms with van der Waals surface area (Å²) in [7, 11) is 0. The molecule has 0 saturated heterocycles. The van der Waals surface area contributed by atoms with Crippen molar-refractivity contribution in [3.8, 4) is 0 Å². The van der Waals surface area contributed by atoms with Gasteiger partial charge in [-0.1, -0.05) is 35.5 Å². The van der Waals surface area contributed by atoms with Crippen molar-refractivity contribution in [1.82, 2.24) is 0 Å². The van der Waals surface area contributed by atoms with Gasteiger partial charge in [-0.2, -0.15) is 0 Å².